The van der Waals surface area contributed by atoms with E-state index in [0.29, 0.717) is 13.0 Å². The maximum atomic E-state index is 12.4. The number of thiocarbonyl (C=S) groups is 1. The predicted molar refractivity (Wildman–Crippen MR) is 78.0 cm³/mol. The second-order valence-corrected chi connectivity index (χ2v) is 5.36. The third kappa shape index (κ3) is 2.42. The standard InChI is InChI=1S/C14H18N2O2S/c1-3-14(2,12(15)19)13(17)16-10-8-18-11-7-5-4-6-9(10)11/h4-7,10H,3,8H2,1-2H3,(H2,15,19)(H,16,17). The lowest BCUT2D eigenvalue weighted by molar-refractivity contribution is -0.127. The lowest BCUT2D eigenvalue weighted by atomic mass is 9.86. The molecule has 0 aliphatic carbocycles. The van der Waals surface area contributed by atoms with Crippen LogP contribution >= 0.6 is 12.2 Å². The van der Waals surface area contributed by atoms with Gasteiger partial charge in [0.2, 0.25) is 5.91 Å². The first kappa shape index (κ1) is 13.8. The molecular weight excluding hydrogens is 260 g/mol. The fourth-order valence-corrected chi connectivity index (χ4v) is 2.28. The van der Waals surface area contributed by atoms with Gasteiger partial charge in [0.1, 0.15) is 12.4 Å². The SMILES string of the molecule is CCC(C)(C(=O)NC1COc2ccccc21)C(N)=S. The third-order valence-electron chi connectivity index (χ3n) is 3.76. The molecule has 1 aliphatic heterocycles. The minimum absolute atomic E-state index is 0.135. The van der Waals surface area contributed by atoms with Gasteiger partial charge in [-0.15, -0.1) is 0 Å². The number of para-hydroxylation sites is 1. The molecule has 0 aromatic heterocycles. The zero-order chi connectivity index (χ0) is 14.0. The predicted octanol–water partition coefficient (Wildman–Crippen LogP) is 1.94. The van der Waals surface area contributed by atoms with Crippen LogP contribution in [0.25, 0.3) is 0 Å². The van der Waals surface area contributed by atoms with E-state index in [4.69, 9.17) is 22.7 Å². The topological polar surface area (TPSA) is 64.3 Å². The van der Waals surface area contributed by atoms with E-state index >= 15 is 0 Å². The molecule has 0 bridgehead atoms. The molecule has 4 nitrogen and oxygen atoms in total. The van der Waals surface area contributed by atoms with Crippen LogP contribution < -0.4 is 15.8 Å². The first-order chi connectivity index (χ1) is 8.99. The Morgan fingerprint density at radius 1 is 1.58 bits per heavy atom. The molecule has 0 spiro atoms. The van der Waals surface area contributed by atoms with E-state index < -0.39 is 5.41 Å². The maximum Gasteiger partial charge on any atom is 0.233 e. The van der Waals surface area contributed by atoms with Gasteiger partial charge < -0.3 is 15.8 Å². The lowest BCUT2D eigenvalue weighted by Gasteiger charge is -2.27. The van der Waals surface area contributed by atoms with E-state index in [2.05, 4.69) is 5.32 Å². The molecule has 1 amide bonds. The first-order valence-corrected chi connectivity index (χ1v) is 6.72. The largest absolute Gasteiger partial charge is 0.491 e. The van der Waals surface area contributed by atoms with Gasteiger partial charge >= 0.3 is 0 Å². The molecular formula is C14H18N2O2S. The number of hydrogen-bond donors (Lipinski definition) is 2. The van der Waals surface area contributed by atoms with E-state index in [0.717, 1.165) is 11.3 Å². The van der Waals surface area contributed by atoms with E-state index in [1.54, 1.807) is 6.92 Å². The van der Waals surface area contributed by atoms with Crippen molar-refractivity contribution in [2.75, 3.05) is 6.61 Å². The summed E-state index contributed by atoms with van der Waals surface area (Å²) in [5.74, 6) is 0.675. The van der Waals surface area contributed by atoms with Gasteiger partial charge in [-0.25, -0.2) is 0 Å². The quantitative estimate of drug-likeness (QED) is 0.826. The van der Waals surface area contributed by atoms with Crippen molar-refractivity contribution >= 4 is 23.1 Å². The van der Waals surface area contributed by atoms with Crippen molar-refractivity contribution in [1.29, 1.82) is 0 Å². The van der Waals surface area contributed by atoms with Crippen LogP contribution in [0, 0.1) is 5.41 Å². The first-order valence-electron chi connectivity index (χ1n) is 6.31. The summed E-state index contributed by atoms with van der Waals surface area (Å²) < 4.78 is 5.54. The smallest absolute Gasteiger partial charge is 0.233 e. The van der Waals surface area contributed by atoms with Crippen LogP contribution in [0.15, 0.2) is 24.3 Å². The number of rotatable bonds is 4. The highest BCUT2D eigenvalue weighted by atomic mass is 32.1. The lowest BCUT2D eigenvalue weighted by Crippen LogP contribution is -2.47. The molecule has 102 valence electrons. The van der Waals surface area contributed by atoms with Crippen LogP contribution in [0.4, 0.5) is 0 Å². The summed E-state index contributed by atoms with van der Waals surface area (Å²) in [7, 11) is 0. The molecule has 0 saturated carbocycles. The number of carbonyl (C=O) groups excluding carboxylic acids is 1. The number of hydrogen-bond acceptors (Lipinski definition) is 3. The highest BCUT2D eigenvalue weighted by Crippen LogP contribution is 2.33. The molecule has 2 unspecified atom stereocenters. The van der Waals surface area contributed by atoms with Crippen LogP contribution in [-0.4, -0.2) is 17.5 Å². The second kappa shape index (κ2) is 5.17. The second-order valence-electron chi connectivity index (χ2n) is 4.92. The Labute approximate surface area is 118 Å². The molecule has 0 saturated heterocycles. The Kier molecular flexibility index (Phi) is 3.75. The maximum absolute atomic E-state index is 12.4. The molecule has 0 fully saturated rings. The van der Waals surface area contributed by atoms with E-state index in [1.165, 1.54) is 0 Å². The van der Waals surface area contributed by atoms with Crippen LogP contribution in [0.3, 0.4) is 0 Å². The van der Waals surface area contributed by atoms with Crippen molar-refractivity contribution in [3.05, 3.63) is 29.8 Å². The van der Waals surface area contributed by atoms with Crippen molar-refractivity contribution in [2.24, 2.45) is 11.1 Å². The van der Waals surface area contributed by atoms with Crippen LogP contribution in [0.2, 0.25) is 0 Å². The summed E-state index contributed by atoms with van der Waals surface area (Å²) in [6.07, 6.45) is 0.573. The number of nitrogens with two attached hydrogens (primary N) is 1. The molecule has 1 heterocycles. The zero-order valence-corrected chi connectivity index (χ0v) is 11.9. The molecule has 0 radical (unpaired) electrons. The summed E-state index contributed by atoms with van der Waals surface area (Å²) in [5, 5.41) is 2.98. The molecule has 2 rings (SSSR count). The van der Waals surface area contributed by atoms with Crippen molar-refractivity contribution in [1.82, 2.24) is 5.32 Å². The van der Waals surface area contributed by atoms with Gasteiger partial charge in [-0.2, -0.15) is 0 Å². The normalized spacial score (nSPS) is 20.0. The molecule has 3 N–H and O–H groups in total. The molecule has 2 atom stereocenters. The Hall–Kier alpha value is -1.62. The minimum Gasteiger partial charge on any atom is -0.491 e. The van der Waals surface area contributed by atoms with Crippen molar-refractivity contribution < 1.29 is 9.53 Å². The molecule has 5 heteroatoms. The summed E-state index contributed by atoms with van der Waals surface area (Å²) in [6, 6.07) is 7.56. The number of carbonyl (C=O) groups is 1. The fraction of sp³-hybridized carbons (Fsp3) is 0.429. The number of ether oxygens (including phenoxy) is 1. The van der Waals surface area contributed by atoms with Gasteiger partial charge in [-0.05, 0) is 19.4 Å². The average molecular weight is 278 g/mol. The Bertz CT molecular complexity index is 518. The highest BCUT2D eigenvalue weighted by Gasteiger charge is 2.37. The Morgan fingerprint density at radius 2 is 2.26 bits per heavy atom. The van der Waals surface area contributed by atoms with Gasteiger partial charge in [0.15, 0.2) is 0 Å². The highest BCUT2D eigenvalue weighted by molar-refractivity contribution is 7.80. The van der Waals surface area contributed by atoms with Crippen molar-refractivity contribution in [3.63, 3.8) is 0 Å². The van der Waals surface area contributed by atoms with E-state index in [1.807, 2.05) is 31.2 Å². The Morgan fingerprint density at radius 3 is 2.89 bits per heavy atom. The summed E-state index contributed by atoms with van der Waals surface area (Å²) in [6.45, 7) is 4.12. The van der Waals surface area contributed by atoms with Gasteiger partial charge in [-0.3, -0.25) is 4.79 Å². The molecule has 1 aromatic carbocycles. The van der Waals surface area contributed by atoms with Gasteiger partial charge in [0, 0.05) is 5.56 Å². The molecule has 1 aliphatic rings. The van der Waals surface area contributed by atoms with Crippen molar-refractivity contribution in [2.45, 2.75) is 26.3 Å². The van der Waals surface area contributed by atoms with Crippen molar-refractivity contribution in [3.8, 4) is 5.75 Å². The summed E-state index contributed by atoms with van der Waals surface area (Å²) in [5.41, 5.74) is 5.88. The summed E-state index contributed by atoms with van der Waals surface area (Å²) >= 11 is 5.01. The van der Waals surface area contributed by atoms with Crippen LogP contribution in [-0.2, 0) is 4.79 Å². The third-order valence-corrected chi connectivity index (χ3v) is 4.21. The monoisotopic (exact) mass is 278 g/mol. The zero-order valence-electron chi connectivity index (χ0n) is 11.1. The number of amides is 1. The van der Waals surface area contributed by atoms with Crippen LogP contribution in [0.1, 0.15) is 31.9 Å². The number of benzene rings is 1. The van der Waals surface area contributed by atoms with Gasteiger partial charge in [0.25, 0.3) is 0 Å². The number of fused-ring (bicyclic) bond motifs is 1. The Balaban J connectivity index is 2.15. The van der Waals surface area contributed by atoms with E-state index in [-0.39, 0.29) is 16.9 Å². The number of nitrogens with one attached hydrogen (secondary N) is 1. The summed E-state index contributed by atoms with van der Waals surface area (Å²) in [4.78, 5) is 12.6. The van der Waals surface area contributed by atoms with Gasteiger partial charge in [0.05, 0.1) is 16.4 Å². The van der Waals surface area contributed by atoms with Gasteiger partial charge in [-0.1, -0.05) is 37.3 Å². The van der Waals surface area contributed by atoms with Crippen LogP contribution in [0.5, 0.6) is 5.75 Å². The average Bonchev–Trinajstić information content (AvgIpc) is 2.81. The molecule has 19 heavy (non-hydrogen) atoms. The fourth-order valence-electron chi connectivity index (χ4n) is 2.05. The molecule has 1 aromatic rings. The van der Waals surface area contributed by atoms with E-state index in [9.17, 15) is 4.79 Å². The minimum atomic E-state index is -0.813.